The van der Waals surface area contributed by atoms with E-state index in [-0.39, 0.29) is 0 Å². The van der Waals surface area contributed by atoms with Crippen molar-refractivity contribution in [2.24, 2.45) is 0 Å². The van der Waals surface area contributed by atoms with Crippen molar-refractivity contribution in [3.63, 3.8) is 0 Å². The monoisotopic (exact) mass is 477 g/mol. The highest BCUT2D eigenvalue weighted by atomic mass is 32.1. The summed E-state index contributed by atoms with van der Waals surface area (Å²) in [6.45, 7) is 3.92. The number of aromatic nitrogens is 2. The molecular formula is C26H31N5O2S. The van der Waals surface area contributed by atoms with Gasteiger partial charge in [-0.3, -0.25) is 0 Å². The molecule has 4 rings (SSSR count). The molecule has 0 unspecified atom stereocenters. The minimum atomic E-state index is -0.879. The number of thiophene rings is 1. The van der Waals surface area contributed by atoms with Crippen LogP contribution in [0.5, 0.6) is 0 Å². The first-order valence-corrected chi connectivity index (χ1v) is 11.8. The average molecular weight is 478 g/mol. The van der Waals surface area contributed by atoms with E-state index < -0.39 is 5.97 Å². The highest BCUT2D eigenvalue weighted by Crippen LogP contribution is 2.34. The number of anilines is 2. The number of aromatic carboxylic acids is 1. The van der Waals surface area contributed by atoms with Gasteiger partial charge in [0.1, 0.15) is 0 Å². The number of rotatable bonds is 7. The Morgan fingerprint density at radius 1 is 1.09 bits per heavy atom. The van der Waals surface area contributed by atoms with Crippen molar-refractivity contribution in [1.29, 1.82) is 0 Å². The van der Waals surface area contributed by atoms with Gasteiger partial charge in [-0.05, 0) is 56.3 Å². The largest absolute Gasteiger partial charge is 0.478 e. The molecule has 3 N–H and O–H groups in total. The maximum atomic E-state index is 10.2. The number of benzene rings is 2. The Morgan fingerprint density at radius 2 is 1.82 bits per heavy atom. The zero-order chi connectivity index (χ0) is 24.7. The summed E-state index contributed by atoms with van der Waals surface area (Å²) in [6.07, 6.45) is 2.77. The van der Waals surface area contributed by atoms with Gasteiger partial charge < -0.3 is 20.6 Å². The lowest BCUT2D eigenvalue weighted by molar-refractivity contribution is 0.0697. The molecule has 0 aliphatic carbocycles. The van der Waals surface area contributed by atoms with Gasteiger partial charge in [0.2, 0.25) is 0 Å². The predicted molar refractivity (Wildman–Crippen MR) is 141 cm³/mol. The molecule has 0 saturated carbocycles. The van der Waals surface area contributed by atoms with Crippen LogP contribution in [0.2, 0.25) is 0 Å². The standard InChI is InChI=1S/C19H25N5S.C7H6O2/c1-13-16(19-17(20)6-5-7-18(19)25-13)8-9-24(4)12-14-10-15(23(2)3)11-21-22-14;8-7(9)6-4-2-1-3-5-6/h5-7,10-11H,8-9,12,20H2,1-4H3;1-5H,(H,8,9). The molecule has 0 fully saturated rings. The van der Waals surface area contributed by atoms with Crippen molar-refractivity contribution in [2.75, 3.05) is 38.3 Å². The van der Waals surface area contributed by atoms with Crippen LogP contribution in [-0.2, 0) is 13.0 Å². The third-order valence-corrected chi connectivity index (χ3v) is 6.56. The van der Waals surface area contributed by atoms with Crippen molar-refractivity contribution in [2.45, 2.75) is 19.9 Å². The van der Waals surface area contributed by atoms with Gasteiger partial charge in [-0.15, -0.1) is 11.3 Å². The van der Waals surface area contributed by atoms with E-state index in [0.29, 0.717) is 5.56 Å². The van der Waals surface area contributed by atoms with Crippen LogP contribution in [0.1, 0.15) is 26.5 Å². The number of aryl methyl sites for hydroxylation is 1. The van der Waals surface area contributed by atoms with E-state index in [1.807, 2.05) is 42.5 Å². The molecule has 34 heavy (non-hydrogen) atoms. The van der Waals surface area contributed by atoms with E-state index in [9.17, 15) is 4.79 Å². The SMILES string of the molecule is Cc1sc2cccc(N)c2c1CCN(C)Cc1cc(N(C)C)cnn1.O=C(O)c1ccccc1. The van der Waals surface area contributed by atoms with Crippen LogP contribution >= 0.6 is 11.3 Å². The number of hydrogen-bond acceptors (Lipinski definition) is 7. The fourth-order valence-corrected chi connectivity index (χ4v) is 4.77. The first-order chi connectivity index (χ1) is 16.3. The topological polar surface area (TPSA) is 95.6 Å². The van der Waals surface area contributed by atoms with Crippen molar-refractivity contribution in [1.82, 2.24) is 15.1 Å². The Kier molecular flexibility index (Phi) is 8.56. The molecule has 0 bridgehead atoms. The number of carboxylic acid groups (broad SMARTS) is 1. The van der Waals surface area contributed by atoms with Crippen LogP contribution in [0.15, 0.2) is 60.8 Å². The first-order valence-electron chi connectivity index (χ1n) is 11.0. The van der Waals surface area contributed by atoms with E-state index in [0.717, 1.165) is 36.6 Å². The number of carbonyl (C=O) groups is 1. The summed E-state index contributed by atoms with van der Waals surface area (Å²) in [5, 5.41) is 18.0. The van der Waals surface area contributed by atoms with Gasteiger partial charge in [-0.2, -0.15) is 10.2 Å². The van der Waals surface area contributed by atoms with Gasteiger partial charge >= 0.3 is 5.97 Å². The molecule has 7 nitrogen and oxygen atoms in total. The third-order valence-electron chi connectivity index (χ3n) is 5.45. The van der Waals surface area contributed by atoms with Crippen LogP contribution < -0.4 is 10.6 Å². The zero-order valence-corrected chi connectivity index (χ0v) is 20.8. The predicted octanol–water partition coefficient (Wildman–Crippen LogP) is 4.71. The van der Waals surface area contributed by atoms with Gasteiger partial charge in [-0.1, -0.05) is 24.3 Å². The van der Waals surface area contributed by atoms with Crippen LogP contribution in [0.4, 0.5) is 11.4 Å². The number of nitrogen functional groups attached to an aromatic ring is 1. The maximum absolute atomic E-state index is 10.2. The van der Waals surface area contributed by atoms with Crippen LogP contribution in [-0.4, -0.2) is 53.9 Å². The lowest BCUT2D eigenvalue weighted by Gasteiger charge is -2.18. The molecule has 0 aliphatic rings. The third kappa shape index (κ3) is 6.52. The molecule has 8 heteroatoms. The molecule has 4 aromatic rings. The molecular weight excluding hydrogens is 446 g/mol. The van der Waals surface area contributed by atoms with Crippen LogP contribution in [0, 0.1) is 6.92 Å². The summed E-state index contributed by atoms with van der Waals surface area (Å²) >= 11 is 1.83. The summed E-state index contributed by atoms with van der Waals surface area (Å²) in [4.78, 5) is 15.9. The number of nitrogens with two attached hydrogens (primary N) is 1. The molecule has 2 heterocycles. The van der Waals surface area contributed by atoms with E-state index in [1.54, 1.807) is 36.5 Å². The Morgan fingerprint density at radius 3 is 2.47 bits per heavy atom. The van der Waals surface area contributed by atoms with E-state index in [4.69, 9.17) is 10.8 Å². The number of likely N-dealkylation sites (N-methyl/N-ethyl adjacent to an activating group) is 1. The summed E-state index contributed by atoms with van der Waals surface area (Å²) in [5.41, 5.74) is 10.9. The number of hydrogen-bond donors (Lipinski definition) is 2. The number of nitrogens with zero attached hydrogens (tertiary/aromatic N) is 4. The second kappa shape index (κ2) is 11.6. The molecule has 2 aromatic heterocycles. The van der Waals surface area contributed by atoms with Gasteiger partial charge in [-0.25, -0.2) is 4.79 Å². The van der Waals surface area contributed by atoms with E-state index in [2.05, 4.69) is 41.2 Å². The fraction of sp³-hybridized carbons (Fsp3) is 0.269. The maximum Gasteiger partial charge on any atom is 0.335 e. The van der Waals surface area contributed by atoms with Gasteiger partial charge in [0.05, 0.1) is 23.1 Å². The molecule has 0 saturated heterocycles. The summed E-state index contributed by atoms with van der Waals surface area (Å²) in [6, 6.07) is 16.6. The minimum Gasteiger partial charge on any atom is -0.478 e. The minimum absolute atomic E-state index is 0.331. The average Bonchev–Trinajstić information content (AvgIpc) is 3.15. The zero-order valence-electron chi connectivity index (χ0n) is 20.0. The van der Waals surface area contributed by atoms with Gasteiger partial charge in [0.15, 0.2) is 0 Å². The normalized spacial score (nSPS) is 10.7. The quantitative estimate of drug-likeness (QED) is 0.372. The second-order valence-corrected chi connectivity index (χ2v) is 9.57. The van der Waals surface area contributed by atoms with Crippen molar-refractivity contribution in [3.05, 3.63) is 82.5 Å². The molecule has 0 aliphatic heterocycles. The number of fused-ring (bicyclic) bond motifs is 1. The van der Waals surface area contributed by atoms with E-state index >= 15 is 0 Å². The van der Waals surface area contributed by atoms with Crippen LogP contribution in [0.25, 0.3) is 10.1 Å². The van der Waals surface area contributed by atoms with Crippen molar-refractivity contribution >= 4 is 38.8 Å². The Hall–Kier alpha value is -3.49. The number of carboxylic acids is 1. The van der Waals surface area contributed by atoms with Gasteiger partial charge in [0.25, 0.3) is 0 Å². The van der Waals surface area contributed by atoms with Gasteiger partial charge in [0, 0.05) is 47.8 Å². The highest BCUT2D eigenvalue weighted by Gasteiger charge is 2.13. The lowest BCUT2D eigenvalue weighted by Crippen LogP contribution is -2.22. The smallest absolute Gasteiger partial charge is 0.335 e. The van der Waals surface area contributed by atoms with Crippen LogP contribution in [0.3, 0.4) is 0 Å². The molecule has 2 aromatic carbocycles. The first kappa shape index (κ1) is 25.1. The van der Waals surface area contributed by atoms with E-state index in [1.165, 1.54) is 20.5 Å². The second-order valence-electron chi connectivity index (χ2n) is 8.32. The van der Waals surface area contributed by atoms with Crippen molar-refractivity contribution < 1.29 is 9.90 Å². The Bertz CT molecular complexity index is 1240. The van der Waals surface area contributed by atoms with Crippen molar-refractivity contribution in [3.8, 4) is 0 Å². The summed E-state index contributed by atoms with van der Waals surface area (Å²) in [7, 11) is 6.15. The summed E-state index contributed by atoms with van der Waals surface area (Å²) < 4.78 is 1.28. The fourth-order valence-electron chi connectivity index (χ4n) is 3.62. The molecule has 0 amide bonds. The molecule has 0 atom stereocenters. The highest BCUT2D eigenvalue weighted by molar-refractivity contribution is 7.19. The lowest BCUT2D eigenvalue weighted by atomic mass is 10.1. The molecule has 0 radical (unpaired) electrons. The Balaban J connectivity index is 0.000000302. The summed E-state index contributed by atoms with van der Waals surface area (Å²) in [5.74, 6) is -0.879. The molecule has 0 spiro atoms. The Labute approximate surface area is 204 Å². The molecule has 178 valence electrons.